The van der Waals surface area contributed by atoms with Crippen LogP contribution in [0.15, 0.2) is 12.1 Å². The van der Waals surface area contributed by atoms with Gasteiger partial charge in [-0.15, -0.1) is 0 Å². The highest BCUT2D eigenvalue weighted by Crippen LogP contribution is 2.23. The first-order valence-electron chi connectivity index (χ1n) is 6.46. The topological polar surface area (TPSA) is 52.6 Å². The maximum absolute atomic E-state index is 12.0. The highest BCUT2D eigenvalue weighted by atomic mass is 16.5. The van der Waals surface area contributed by atoms with Gasteiger partial charge in [0.15, 0.2) is 0 Å². The number of rotatable bonds is 6. The molecular weight excluding hydrogens is 244 g/mol. The molecule has 0 amide bonds. The van der Waals surface area contributed by atoms with Crippen molar-refractivity contribution in [3.8, 4) is 5.75 Å². The number of carbonyl (C=O) groups is 2. The summed E-state index contributed by atoms with van der Waals surface area (Å²) in [6.07, 6.45) is 0.918. The molecule has 0 aliphatic heterocycles. The summed E-state index contributed by atoms with van der Waals surface area (Å²) in [5.74, 6) is -0.688. The van der Waals surface area contributed by atoms with E-state index in [4.69, 9.17) is 9.47 Å². The summed E-state index contributed by atoms with van der Waals surface area (Å²) in [6, 6.07) is 3.55. The molecular formula is C15H20O4. The van der Waals surface area contributed by atoms with Crippen LogP contribution in [0.4, 0.5) is 0 Å². The quantitative estimate of drug-likeness (QED) is 0.450. The Bertz CT molecular complexity index is 454. The molecule has 1 aromatic carbocycles. The SMILES string of the molecule is CCCOc1cc(C)c(C(=O)C(=O)OCC)c(C)c1. The number of ether oxygens (including phenoxy) is 2. The molecule has 0 fully saturated rings. The molecule has 0 spiro atoms. The second kappa shape index (κ2) is 6.92. The molecule has 0 radical (unpaired) electrons. The van der Waals surface area contributed by atoms with Crippen LogP contribution in [0, 0.1) is 13.8 Å². The van der Waals surface area contributed by atoms with E-state index in [1.807, 2.05) is 6.92 Å². The molecule has 104 valence electrons. The minimum Gasteiger partial charge on any atom is -0.494 e. The largest absolute Gasteiger partial charge is 0.494 e. The molecule has 0 saturated carbocycles. The van der Waals surface area contributed by atoms with Crippen LogP contribution in [0.1, 0.15) is 41.8 Å². The summed E-state index contributed by atoms with van der Waals surface area (Å²) in [4.78, 5) is 23.5. The predicted octanol–water partition coefficient (Wildman–Crippen LogP) is 2.84. The fourth-order valence-electron chi connectivity index (χ4n) is 1.88. The van der Waals surface area contributed by atoms with Gasteiger partial charge in [0.2, 0.25) is 0 Å². The van der Waals surface area contributed by atoms with Gasteiger partial charge in [-0.25, -0.2) is 4.79 Å². The third kappa shape index (κ3) is 3.81. The molecule has 4 nitrogen and oxygen atoms in total. The van der Waals surface area contributed by atoms with E-state index in [2.05, 4.69) is 0 Å². The summed E-state index contributed by atoms with van der Waals surface area (Å²) < 4.78 is 10.3. The average Bonchev–Trinajstić information content (AvgIpc) is 2.35. The van der Waals surface area contributed by atoms with Crippen molar-refractivity contribution >= 4 is 11.8 Å². The van der Waals surface area contributed by atoms with Crippen LogP contribution in [-0.2, 0) is 9.53 Å². The molecule has 0 bridgehead atoms. The normalized spacial score (nSPS) is 10.1. The van der Waals surface area contributed by atoms with Gasteiger partial charge in [0.25, 0.3) is 5.78 Å². The molecule has 0 heterocycles. The lowest BCUT2D eigenvalue weighted by Crippen LogP contribution is -2.19. The van der Waals surface area contributed by atoms with Gasteiger partial charge in [0.05, 0.1) is 13.2 Å². The minimum atomic E-state index is -0.809. The van der Waals surface area contributed by atoms with E-state index in [-0.39, 0.29) is 6.61 Å². The van der Waals surface area contributed by atoms with E-state index in [0.717, 1.165) is 23.3 Å². The summed E-state index contributed by atoms with van der Waals surface area (Å²) in [5, 5.41) is 0. The van der Waals surface area contributed by atoms with Gasteiger partial charge in [-0.2, -0.15) is 0 Å². The van der Waals surface area contributed by atoms with E-state index >= 15 is 0 Å². The van der Waals surface area contributed by atoms with Crippen molar-refractivity contribution in [2.75, 3.05) is 13.2 Å². The van der Waals surface area contributed by atoms with Gasteiger partial charge >= 0.3 is 5.97 Å². The lowest BCUT2D eigenvalue weighted by Gasteiger charge is -2.12. The number of benzene rings is 1. The van der Waals surface area contributed by atoms with Crippen molar-refractivity contribution < 1.29 is 19.1 Å². The molecule has 0 aliphatic rings. The number of ketones is 1. The monoisotopic (exact) mass is 264 g/mol. The number of carbonyl (C=O) groups excluding carboxylic acids is 2. The predicted molar refractivity (Wildman–Crippen MR) is 72.7 cm³/mol. The lowest BCUT2D eigenvalue weighted by molar-refractivity contribution is -0.137. The zero-order valence-electron chi connectivity index (χ0n) is 11.9. The van der Waals surface area contributed by atoms with Crippen molar-refractivity contribution in [3.63, 3.8) is 0 Å². The molecule has 4 heteroatoms. The maximum atomic E-state index is 12.0. The molecule has 1 rings (SSSR count). The number of hydrogen-bond donors (Lipinski definition) is 0. The van der Waals surface area contributed by atoms with Crippen molar-refractivity contribution in [1.82, 2.24) is 0 Å². The van der Waals surface area contributed by atoms with Crippen LogP contribution in [-0.4, -0.2) is 25.0 Å². The Morgan fingerprint density at radius 2 is 1.68 bits per heavy atom. The molecule has 0 N–H and O–H groups in total. The van der Waals surface area contributed by atoms with Crippen LogP contribution >= 0.6 is 0 Å². The number of Topliss-reactive ketones (excluding diaryl/α,β-unsaturated/α-hetero) is 1. The van der Waals surface area contributed by atoms with Crippen molar-refractivity contribution in [2.24, 2.45) is 0 Å². The summed E-state index contributed by atoms with van der Waals surface area (Å²) in [6.45, 7) is 8.10. The molecule has 1 aromatic rings. The zero-order valence-corrected chi connectivity index (χ0v) is 11.9. The van der Waals surface area contributed by atoms with Crippen LogP contribution in [0.5, 0.6) is 5.75 Å². The number of esters is 1. The van der Waals surface area contributed by atoms with E-state index < -0.39 is 11.8 Å². The summed E-state index contributed by atoms with van der Waals surface area (Å²) >= 11 is 0. The van der Waals surface area contributed by atoms with Crippen molar-refractivity contribution in [2.45, 2.75) is 34.1 Å². The van der Waals surface area contributed by atoms with Gasteiger partial charge < -0.3 is 9.47 Å². The maximum Gasteiger partial charge on any atom is 0.379 e. The third-order valence-corrected chi connectivity index (χ3v) is 2.67. The van der Waals surface area contributed by atoms with Crippen LogP contribution in [0.2, 0.25) is 0 Å². The summed E-state index contributed by atoms with van der Waals surface area (Å²) in [7, 11) is 0. The fraction of sp³-hybridized carbons (Fsp3) is 0.467. The minimum absolute atomic E-state index is 0.195. The van der Waals surface area contributed by atoms with Crippen LogP contribution < -0.4 is 4.74 Å². The van der Waals surface area contributed by atoms with Gasteiger partial charge in [0.1, 0.15) is 5.75 Å². The average molecular weight is 264 g/mol. The Kier molecular flexibility index (Phi) is 5.55. The molecule has 0 aromatic heterocycles. The Labute approximate surface area is 113 Å². The lowest BCUT2D eigenvalue weighted by atomic mass is 9.98. The van der Waals surface area contributed by atoms with Gasteiger partial charge in [-0.05, 0) is 50.5 Å². The van der Waals surface area contributed by atoms with Gasteiger partial charge in [-0.1, -0.05) is 6.92 Å². The number of aryl methyl sites for hydroxylation is 2. The molecule has 19 heavy (non-hydrogen) atoms. The third-order valence-electron chi connectivity index (χ3n) is 2.67. The van der Waals surface area contributed by atoms with E-state index in [0.29, 0.717) is 12.2 Å². The first-order valence-corrected chi connectivity index (χ1v) is 6.46. The molecule has 0 atom stereocenters. The second-order valence-corrected chi connectivity index (χ2v) is 4.33. The Morgan fingerprint density at radius 1 is 1.11 bits per heavy atom. The smallest absolute Gasteiger partial charge is 0.379 e. The number of hydrogen-bond acceptors (Lipinski definition) is 4. The van der Waals surface area contributed by atoms with E-state index in [1.54, 1.807) is 32.9 Å². The second-order valence-electron chi connectivity index (χ2n) is 4.33. The van der Waals surface area contributed by atoms with Crippen LogP contribution in [0.3, 0.4) is 0 Å². The van der Waals surface area contributed by atoms with E-state index in [1.165, 1.54) is 0 Å². The molecule has 0 saturated heterocycles. The standard InChI is InChI=1S/C15H20O4/c1-5-7-19-12-8-10(3)13(11(4)9-12)14(16)15(17)18-6-2/h8-9H,5-7H2,1-4H3. The first-order chi connectivity index (χ1) is 9.01. The summed E-state index contributed by atoms with van der Waals surface area (Å²) in [5.41, 5.74) is 1.86. The first kappa shape index (κ1) is 15.2. The van der Waals surface area contributed by atoms with Crippen LogP contribution in [0.25, 0.3) is 0 Å². The Balaban J connectivity index is 3.03. The molecule has 0 aliphatic carbocycles. The molecule has 0 unspecified atom stereocenters. The van der Waals surface area contributed by atoms with Crippen molar-refractivity contribution in [3.05, 3.63) is 28.8 Å². The van der Waals surface area contributed by atoms with Crippen molar-refractivity contribution in [1.29, 1.82) is 0 Å². The highest BCUT2D eigenvalue weighted by Gasteiger charge is 2.22. The van der Waals surface area contributed by atoms with Gasteiger partial charge in [-0.3, -0.25) is 4.79 Å². The van der Waals surface area contributed by atoms with E-state index in [9.17, 15) is 9.59 Å². The highest BCUT2D eigenvalue weighted by molar-refractivity contribution is 6.41. The van der Waals surface area contributed by atoms with Gasteiger partial charge in [0, 0.05) is 5.56 Å². The Morgan fingerprint density at radius 3 is 2.16 bits per heavy atom. The fourth-order valence-corrected chi connectivity index (χ4v) is 1.88. The Hall–Kier alpha value is -1.84. The zero-order chi connectivity index (χ0) is 14.4.